The minimum Gasteiger partial charge on any atom is -0.391 e. The van der Waals surface area contributed by atoms with E-state index in [0.29, 0.717) is 12.8 Å². The number of amides is 1. The largest absolute Gasteiger partial charge is 0.391 e. The Morgan fingerprint density at radius 2 is 0.804 bits per heavy atom. The maximum absolute atomic E-state index is 12.6. The highest BCUT2D eigenvalue weighted by atomic mass is 32.2. The number of nitrogens with one attached hydrogen (secondary N) is 1. The van der Waals surface area contributed by atoms with Crippen LogP contribution in [0.25, 0.3) is 0 Å². The van der Waals surface area contributed by atoms with Gasteiger partial charge in [-0.25, -0.2) is 0 Å². The lowest BCUT2D eigenvalue weighted by Crippen LogP contribution is -2.47. The van der Waals surface area contributed by atoms with Crippen molar-refractivity contribution in [2.75, 3.05) is 5.75 Å². The number of aliphatic hydroxyl groups is 1. The topological polar surface area (TPSA) is 104 Å². The van der Waals surface area contributed by atoms with E-state index in [9.17, 15) is 22.9 Å². The number of aliphatic hydroxyl groups excluding tert-OH is 1. The lowest BCUT2D eigenvalue weighted by molar-refractivity contribution is -0.122. The van der Waals surface area contributed by atoms with Crippen LogP contribution < -0.4 is 5.32 Å². The summed E-state index contributed by atoms with van der Waals surface area (Å²) in [5.74, 6) is -0.893. The first-order valence-corrected chi connectivity index (χ1v) is 26.1. The zero-order valence-electron chi connectivity index (χ0n) is 37.3. The summed E-state index contributed by atoms with van der Waals surface area (Å²) in [4.78, 5) is 12.6. The molecule has 0 rings (SSSR count). The van der Waals surface area contributed by atoms with Crippen LogP contribution in [0.2, 0.25) is 0 Å². The molecule has 2 atom stereocenters. The lowest BCUT2D eigenvalue weighted by Gasteiger charge is -2.23. The molecule has 0 bridgehead atoms. The fourth-order valence-corrected chi connectivity index (χ4v) is 8.48. The third-order valence-electron chi connectivity index (χ3n) is 11.4. The molecule has 0 radical (unpaired) electrons. The quantitative estimate of drug-likeness (QED) is 0.0323. The molecule has 0 aliphatic heterocycles. The summed E-state index contributed by atoms with van der Waals surface area (Å²) in [6.45, 7) is 4.54. The first-order chi connectivity index (χ1) is 27.3. The zero-order chi connectivity index (χ0) is 41.1. The molecule has 0 saturated carbocycles. The summed E-state index contributed by atoms with van der Waals surface area (Å²) in [7, 11) is -4.31. The van der Waals surface area contributed by atoms with Gasteiger partial charge in [0, 0.05) is 6.42 Å². The molecule has 0 saturated heterocycles. The first-order valence-electron chi connectivity index (χ1n) is 24.5. The van der Waals surface area contributed by atoms with Gasteiger partial charge in [0.15, 0.2) is 0 Å². The van der Waals surface area contributed by atoms with E-state index in [-0.39, 0.29) is 5.91 Å². The van der Waals surface area contributed by atoms with E-state index in [0.717, 1.165) is 44.9 Å². The van der Waals surface area contributed by atoms with Gasteiger partial charge in [0.05, 0.1) is 17.9 Å². The van der Waals surface area contributed by atoms with Gasteiger partial charge < -0.3 is 10.4 Å². The zero-order valence-corrected chi connectivity index (χ0v) is 38.1. The summed E-state index contributed by atoms with van der Waals surface area (Å²) in [6.07, 6.45) is 55.7. The predicted octanol–water partition coefficient (Wildman–Crippen LogP) is 15.1. The number of hydrogen-bond acceptors (Lipinski definition) is 4. The molecule has 0 aromatic carbocycles. The highest BCUT2D eigenvalue weighted by Gasteiger charge is 2.26. The van der Waals surface area contributed by atoms with Crippen molar-refractivity contribution in [3.63, 3.8) is 0 Å². The maximum Gasteiger partial charge on any atom is 0.266 e. The Morgan fingerprint density at radius 1 is 0.482 bits per heavy atom. The number of allylic oxidation sites excluding steroid dienone is 4. The normalized spacial score (nSPS) is 13.3. The SMILES string of the molecule is CCCCCCC/C=C\C/C=C\CCCCCCCCCCCC(=O)NC(CS(=O)(=O)O)C(O)CCCCCCCCCCCCCCCCCCCCCC. The number of carbonyl (C=O) groups excluding carboxylic acids is 1. The average Bonchev–Trinajstić information content (AvgIpc) is 3.16. The monoisotopic (exact) mass is 810 g/mol. The second-order valence-electron chi connectivity index (χ2n) is 17.1. The van der Waals surface area contributed by atoms with Crippen molar-refractivity contribution in [1.82, 2.24) is 5.32 Å². The molecule has 0 fully saturated rings. The van der Waals surface area contributed by atoms with Gasteiger partial charge in [-0.05, 0) is 44.9 Å². The van der Waals surface area contributed by atoms with Crippen LogP contribution in [-0.4, -0.2) is 41.9 Å². The second-order valence-corrected chi connectivity index (χ2v) is 18.6. The standard InChI is InChI=1S/C49H95NO5S/c1-3-5-7-9-11-13-15-17-19-21-23-25-27-29-31-33-35-37-39-41-43-45-49(52)50-47(46-56(53,54)55)48(51)44-42-40-38-36-34-32-30-28-26-24-22-20-18-16-14-12-10-8-6-4-2/h15,17,21,23,47-48,51H,3-14,16,18-20,22,24-46H2,1-2H3,(H,50,52)(H,53,54,55)/b17-15-,23-21-. The summed E-state index contributed by atoms with van der Waals surface area (Å²) in [5.41, 5.74) is 0. The van der Waals surface area contributed by atoms with Crippen LogP contribution in [0.1, 0.15) is 264 Å². The Morgan fingerprint density at radius 3 is 1.16 bits per heavy atom. The molecule has 332 valence electrons. The number of unbranched alkanes of at least 4 members (excludes halogenated alkanes) is 33. The number of hydrogen-bond donors (Lipinski definition) is 3. The second kappa shape index (κ2) is 43.4. The molecule has 0 aliphatic rings. The smallest absolute Gasteiger partial charge is 0.266 e. The van der Waals surface area contributed by atoms with Crippen LogP contribution in [0.5, 0.6) is 0 Å². The van der Waals surface area contributed by atoms with Gasteiger partial charge in [0.25, 0.3) is 10.1 Å². The van der Waals surface area contributed by atoms with E-state index in [4.69, 9.17) is 0 Å². The molecule has 0 aromatic heterocycles. The van der Waals surface area contributed by atoms with Gasteiger partial charge in [-0.15, -0.1) is 0 Å². The lowest BCUT2D eigenvalue weighted by atomic mass is 10.0. The van der Waals surface area contributed by atoms with Gasteiger partial charge in [0.1, 0.15) is 0 Å². The molecule has 0 aliphatic carbocycles. The Bertz CT molecular complexity index is 981. The van der Waals surface area contributed by atoms with E-state index in [1.165, 1.54) is 193 Å². The minimum atomic E-state index is -4.31. The van der Waals surface area contributed by atoms with Crippen molar-refractivity contribution >= 4 is 16.0 Å². The Balaban J connectivity index is 3.77. The highest BCUT2D eigenvalue weighted by molar-refractivity contribution is 7.85. The molecule has 0 aromatic rings. The summed E-state index contributed by atoms with van der Waals surface area (Å²) < 4.78 is 32.7. The minimum absolute atomic E-state index is 0.246. The van der Waals surface area contributed by atoms with Crippen LogP contribution in [0, 0.1) is 0 Å². The van der Waals surface area contributed by atoms with Crippen LogP contribution in [0.15, 0.2) is 24.3 Å². The Hall–Kier alpha value is -1.18. The molecule has 0 spiro atoms. The van der Waals surface area contributed by atoms with Gasteiger partial charge in [-0.2, -0.15) is 8.42 Å². The summed E-state index contributed by atoms with van der Waals surface area (Å²) in [6, 6.07) is -0.972. The number of rotatable bonds is 45. The van der Waals surface area contributed by atoms with Gasteiger partial charge in [-0.3, -0.25) is 9.35 Å². The molecule has 2 unspecified atom stereocenters. The predicted molar refractivity (Wildman–Crippen MR) is 244 cm³/mol. The third-order valence-corrected chi connectivity index (χ3v) is 12.2. The summed E-state index contributed by atoms with van der Waals surface area (Å²) >= 11 is 0. The third kappa shape index (κ3) is 43.9. The Kier molecular flexibility index (Phi) is 42.5. The highest BCUT2D eigenvalue weighted by Crippen LogP contribution is 2.17. The van der Waals surface area contributed by atoms with E-state index < -0.39 is 28.0 Å². The van der Waals surface area contributed by atoms with Crippen LogP contribution in [-0.2, 0) is 14.9 Å². The molecular formula is C49H95NO5S. The van der Waals surface area contributed by atoms with E-state index in [1.807, 2.05) is 0 Å². The Labute approximate surface area is 349 Å². The van der Waals surface area contributed by atoms with E-state index >= 15 is 0 Å². The van der Waals surface area contributed by atoms with Gasteiger partial charge in [-0.1, -0.05) is 237 Å². The molecule has 1 amide bonds. The number of carbonyl (C=O) groups is 1. The fraction of sp³-hybridized carbons (Fsp3) is 0.898. The van der Waals surface area contributed by atoms with Crippen LogP contribution in [0.3, 0.4) is 0 Å². The molecular weight excluding hydrogens is 715 g/mol. The van der Waals surface area contributed by atoms with Crippen molar-refractivity contribution in [3.05, 3.63) is 24.3 Å². The van der Waals surface area contributed by atoms with Gasteiger partial charge in [0.2, 0.25) is 5.91 Å². The molecule has 6 nitrogen and oxygen atoms in total. The van der Waals surface area contributed by atoms with Gasteiger partial charge >= 0.3 is 0 Å². The van der Waals surface area contributed by atoms with Crippen molar-refractivity contribution in [2.24, 2.45) is 0 Å². The molecule has 3 N–H and O–H groups in total. The van der Waals surface area contributed by atoms with Crippen molar-refractivity contribution in [1.29, 1.82) is 0 Å². The molecule has 7 heteroatoms. The van der Waals surface area contributed by atoms with Crippen molar-refractivity contribution in [2.45, 2.75) is 276 Å². The van der Waals surface area contributed by atoms with E-state index in [2.05, 4.69) is 43.5 Å². The average molecular weight is 810 g/mol. The molecule has 0 heterocycles. The first kappa shape index (κ1) is 54.8. The van der Waals surface area contributed by atoms with Crippen molar-refractivity contribution in [3.8, 4) is 0 Å². The van der Waals surface area contributed by atoms with Crippen LogP contribution in [0.4, 0.5) is 0 Å². The van der Waals surface area contributed by atoms with E-state index in [1.54, 1.807) is 0 Å². The van der Waals surface area contributed by atoms with Crippen LogP contribution >= 0.6 is 0 Å². The fourth-order valence-electron chi connectivity index (χ4n) is 7.72. The maximum atomic E-state index is 12.6. The summed E-state index contributed by atoms with van der Waals surface area (Å²) in [5, 5.41) is 13.4. The molecule has 56 heavy (non-hydrogen) atoms. The van der Waals surface area contributed by atoms with Crippen molar-refractivity contribution < 1.29 is 22.9 Å².